The average molecular weight is 638 g/mol. The molecule has 0 aromatic rings. The molecule has 13 heteroatoms. The fraction of sp³-hybridized carbons (Fsp3) is 0.750. The van der Waals surface area contributed by atoms with Crippen LogP contribution in [0.3, 0.4) is 0 Å². The summed E-state index contributed by atoms with van der Waals surface area (Å²) in [7, 11) is 0. The molecule has 0 spiro atoms. The second-order valence-electron chi connectivity index (χ2n) is 13.3. The van der Waals surface area contributed by atoms with E-state index in [4.69, 9.17) is 14.2 Å². The number of unbranched alkanes of at least 4 members (excludes halogenated alkanes) is 2. The van der Waals surface area contributed by atoms with Gasteiger partial charge in [0.1, 0.15) is 0 Å². The molecule has 0 aromatic carbocycles. The highest BCUT2D eigenvalue weighted by Crippen LogP contribution is 2.71. The predicted octanol–water partition coefficient (Wildman–Crippen LogP) is 4.79. The van der Waals surface area contributed by atoms with Crippen molar-refractivity contribution >= 4 is 23.7 Å². The Balaban J connectivity index is 1.59. The van der Waals surface area contributed by atoms with Gasteiger partial charge in [-0.25, -0.2) is 9.18 Å². The second kappa shape index (κ2) is 13.2. The summed E-state index contributed by atoms with van der Waals surface area (Å²) >= 11 is 0. The fourth-order valence-corrected chi connectivity index (χ4v) is 8.72. The zero-order valence-corrected chi connectivity index (χ0v) is 26.4. The minimum Gasteiger partial charge on any atom is -0.450 e. The first-order chi connectivity index (χ1) is 21.2. The number of halogens is 1. The molecule has 0 aromatic heterocycles. The highest BCUT2D eigenvalue weighted by molar-refractivity contribution is 6.01. The van der Waals surface area contributed by atoms with Crippen molar-refractivity contribution in [3.63, 3.8) is 0 Å². The number of hydrogen-bond donors (Lipinski definition) is 1. The third-order valence-electron chi connectivity index (χ3n) is 10.9. The molecule has 0 heterocycles. The molecule has 0 aliphatic heterocycles. The highest BCUT2D eigenvalue weighted by atomic mass is 19.1. The van der Waals surface area contributed by atoms with Crippen molar-refractivity contribution in [1.82, 2.24) is 0 Å². The largest absolute Gasteiger partial charge is 0.508 e. The van der Waals surface area contributed by atoms with Crippen LogP contribution in [0.25, 0.3) is 0 Å². The minimum atomic E-state index is -2.13. The normalized spacial score (nSPS) is 36.6. The van der Waals surface area contributed by atoms with E-state index in [1.54, 1.807) is 26.8 Å². The lowest BCUT2D eigenvalue weighted by molar-refractivity contribution is -0.757. The van der Waals surface area contributed by atoms with Gasteiger partial charge in [-0.3, -0.25) is 14.4 Å². The molecule has 12 nitrogen and oxygen atoms in total. The molecule has 3 saturated carbocycles. The van der Waals surface area contributed by atoms with E-state index in [-0.39, 0.29) is 44.7 Å². The number of hydrogen-bond acceptors (Lipinski definition) is 11. The van der Waals surface area contributed by atoms with Gasteiger partial charge >= 0.3 is 12.1 Å². The average Bonchev–Trinajstić information content (AvgIpc) is 3.19. The van der Waals surface area contributed by atoms with Gasteiger partial charge in [0.05, 0.1) is 19.3 Å². The fourth-order valence-electron chi connectivity index (χ4n) is 8.72. The standard InChI is InChI=1S/C32H44FNO11/c1-5-6-9-27(38)45-32(26(37)19-43-28(39)42-14-7-8-15-44-34(40)41)20(2)16-24-23-11-10-21-17-22(35)12-13-29(21,3)31(23,33)25(36)18-30(24,32)4/h12-13,17,20,23-25,36H,5-11,14-16,18-19H2,1-4H3/t20-,23?,24?,25-,29-,30-,31-,32-/m0/s1. The summed E-state index contributed by atoms with van der Waals surface area (Å²) < 4.78 is 33.9. The van der Waals surface area contributed by atoms with Crippen LogP contribution in [0.1, 0.15) is 85.5 Å². The second-order valence-corrected chi connectivity index (χ2v) is 13.3. The first-order valence-corrected chi connectivity index (χ1v) is 15.8. The molecular weight excluding hydrogens is 593 g/mol. The van der Waals surface area contributed by atoms with Crippen LogP contribution >= 0.6 is 0 Å². The molecule has 4 aliphatic carbocycles. The van der Waals surface area contributed by atoms with Gasteiger partial charge in [-0.2, -0.15) is 0 Å². The monoisotopic (exact) mass is 637 g/mol. The first-order valence-electron chi connectivity index (χ1n) is 15.8. The highest BCUT2D eigenvalue weighted by Gasteiger charge is 2.77. The summed E-state index contributed by atoms with van der Waals surface area (Å²) in [5, 5.41) is 21.0. The number of aliphatic hydroxyl groups is 1. The van der Waals surface area contributed by atoms with Crippen LogP contribution in [-0.4, -0.2) is 71.1 Å². The number of esters is 1. The molecular formula is C32H44FNO11. The molecule has 0 radical (unpaired) electrons. The van der Waals surface area contributed by atoms with E-state index in [2.05, 4.69) is 4.84 Å². The predicted molar refractivity (Wildman–Crippen MR) is 156 cm³/mol. The molecule has 3 fully saturated rings. The Morgan fingerprint density at radius 1 is 1.13 bits per heavy atom. The molecule has 250 valence electrons. The number of carbonyl (C=O) groups is 4. The van der Waals surface area contributed by atoms with Crippen LogP contribution in [0, 0.1) is 38.7 Å². The topological polar surface area (TPSA) is 169 Å². The van der Waals surface area contributed by atoms with E-state index in [0.717, 1.165) is 0 Å². The third kappa shape index (κ3) is 5.88. The van der Waals surface area contributed by atoms with Gasteiger partial charge in [0, 0.05) is 29.1 Å². The number of ketones is 2. The van der Waals surface area contributed by atoms with Gasteiger partial charge in [0.2, 0.25) is 5.78 Å². The number of nitrogens with zero attached hydrogens (tertiary/aromatic N) is 1. The molecule has 1 N–H and O–H groups in total. The maximum absolute atomic E-state index is 17.6. The van der Waals surface area contributed by atoms with Gasteiger partial charge in [-0.1, -0.05) is 38.8 Å². The van der Waals surface area contributed by atoms with Crippen LogP contribution in [0.5, 0.6) is 0 Å². The Labute approximate surface area is 261 Å². The summed E-state index contributed by atoms with van der Waals surface area (Å²) in [5.74, 6) is -3.26. The van der Waals surface area contributed by atoms with Crippen LogP contribution in [0.2, 0.25) is 0 Å². The van der Waals surface area contributed by atoms with Gasteiger partial charge in [-0.05, 0) is 69.9 Å². The molecule has 0 bridgehead atoms. The lowest BCUT2D eigenvalue weighted by atomic mass is 9.44. The number of carbonyl (C=O) groups excluding carboxylic acids is 4. The SMILES string of the molecule is CCCCC(=O)O[C@]1(C(=O)COC(=O)OCCCCO[N+](=O)[O-])[C@@H](C)CC2C3CCC4=CC(=O)C=C[C@]4(C)[C@@]3(F)[C@@H](O)C[C@@]21C. The third-order valence-corrected chi connectivity index (χ3v) is 10.9. The van der Waals surface area contributed by atoms with E-state index in [1.807, 2.05) is 6.92 Å². The summed E-state index contributed by atoms with van der Waals surface area (Å²) in [6.07, 6.45) is 4.41. The molecule has 0 amide bonds. The van der Waals surface area contributed by atoms with E-state index in [0.29, 0.717) is 37.7 Å². The zero-order chi connectivity index (χ0) is 33.2. The lowest BCUT2D eigenvalue weighted by Crippen LogP contribution is -2.70. The maximum Gasteiger partial charge on any atom is 0.508 e. The van der Waals surface area contributed by atoms with E-state index in [9.17, 15) is 34.4 Å². The molecule has 4 rings (SSSR count). The number of ether oxygens (including phenoxy) is 3. The lowest BCUT2D eigenvalue weighted by Gasteiger charge is -2.62. The van der Waals surface area contributed by atoms with Crippen LogP contribution in [0.4, 0.5) is 9.18 Å². The number of rotatable bonds is 13. The Bertz CT molecular complexity index is 1270. The van der Waals surface area contributed by atoms with Crippen molar-refractivity contribution in [3.05, 3.63) is 33.9 Å². The molecule has 2 unspecified atom stereocenters. The Morgan fingerprint density at radius 2 is 1.84 bits per heavy atom. The smallest absolute Gasteiger partial charge is 0.450 e. The Hall–Kier alpha value is -3.35. The van der Waals surface area contributed by atoms with Gasteiger partial charge in [-0.15, -0.1) is 10.1 Å². The van der Waals surface area contributed by atoms with E-state index in [1.165, 1.54) is 12.2 Å². The van der Waals surface area contributed by atoms with Crippen LogP contribution in [-0.2, 0) is 33.4 Å². The van der Waals surface area contributed by atoms with Crippen molar-refractivity contribution in [3.8, 4) is 0 Å². The molecule has 8 atom stereocenters. The van der Waals surface area contributed by atoms with Gasteiger partial charge in [0.15, 0.2) is 23.7 Å². The minimum absolute atomic E-state index is 0.0616. The number of allylic oxidation sites excluding steroid dienone is 4. The van der Waals surface area contributed by atoms with Crippen molar-refractivity contribution in [2.45, 2.75) is 103 Å². The summed E-state index contributed by atoms with van der Waals surface area (Å²) in [6.45, 7) is 6.09. The Kier molecular flexibility index (Phi) is 10.1. The van der Waals surface area contributed by atoms with Crippen molar-refractivity contribution in [1.29, 1.82) is 0 Å². The first kappa shape index (κ1) is 34.5. The maximum atomic E-state index is 17.6. The number of Topliss-reactive ketones (excluding diaryl/α,β-unsaturated/α-hetero) is 1. The van der Waals surface area contributed by atoms with Gasteiger partial charge < -0.3 is 24.2 Å². The van der Waals surface area contributed by atoms with Crippen LogP contribution < -0.4 is 0 Å². The quantitative estimate of drug-likeness (QED) is 0.128. The van der Waals surface area contributed by atoms with Crippen molar-refractivity contribution in [2.75, 3.05) is 19.8 Å². The number of aliphatic hydroxyl groups excluding tert-OH is 1. The van der Waals surface area contributed by atoms with E-state index >= 15 is 4.39 Å². The van der Waals surface area contributed by atoms with Crippen molar-refractivity contribution in [2.24, 2.45) is 28.6 Å². The van der Waals surface area contributed by atoms with Crippen molar-refractivity contribution < 1.29 is 52.8 Å². The number of alkyl halides is 1. The van der Waals surface area contributed by atoms with Crippen LogP contribution in [0.15, 0.2) is 23.8 Å². The number of fused-ring (bicyclic) bond motifs is 5. The zero-order valence-electron chi connectivity index (χ0n) is 26.4. The molecule has 45 heavy (non-hydrogen) atoms. The summed E-state index contributed by atoms with van der Waals surface area (Å²) in [5.41, 5.74) is -5.72. The van der Waals surface area contributed by atoms with E-state index < -0.39 is 75.6 Å². The molecule has 4 aliphatic rings. The van der Waals surface area contributed by atoms with Gasteiger partial charge in [0.25, 0.3) is 5.09 Å². The summed E-state index contributed by atoms with van der Waals surface area (Å²) in [6, 6.07) is 0. The Morgan fingerprint density at radius 3 is 2.53 bits per heavy atom. The molecule has 0 saturated heterocycles. The summed E-state index contributed by atoms with van der Waals surface area (Å²) in [4.78, 5) is 66.3.